The summed E-state index contributed by atoms with van der Waals surface area (Å²) in [5.74, 6) is -0.369. The van der Waals surface area contributed by atoms with Gasteiger partial charge >= 0.3 is 6.18 Å². The van der Waals surface area contributed by atoms with Crippen molar-refractivity contribution in [3.8, 4) is 0 Å². The maximum absolute atomic E-state index is 13.4. The monoisotopic (exact) mass is 429 g/mol. The molecule has 2 heterocycles. The van der Waals surface area contributed by atoms with Crippen LogP contribution >= 0.6 is 0 Å². The van der Waals surface area contributed by atoms with Crippen molar-refractivity contribution in [2.75, 3.05) is 13.1 Å². The average Bonchev–Trinajstić information content (AvgIpc) is 3.11. The van der Waals surface area contributed by atoms with Crippen LogP contribution in [0.4, 0.5) is 13.2 Å². The van der Waals surface area contributed by atoms with Gasteiger partial charge in [-0.05, 0) is 63.3 Å². The number of piperidine rings is 1. The number of aryl methyl sites for hydroxylation is 1. The molecule has 4 rings (SSSR count). The summed E-state index contributed by atoms with van der Waals surface area (Å²) in [7, 11) is 0. The molecule has 7 heteroatoms. The van der Waals surface area contributed by atoms with Crippen LogP contribution in [0.5, 0.6) is 0 Å². The van der Waals surface area contributed by atoms with Crippen LogP contribution < -0.4 is 0 Å². The number of nitrogens with zero attached hydrogens (tertiary/aromatic N) is 3. The van der Waals surface area contributed by atoms with Gasteiger partial charge in [-0.2, -0.15) is 18.3 Å². The molecule has 0 N–H and O–H groups in total. The second-order valence-corrected chi connectivity index (χ2v) is 8.56. The molecule has 1 aromatic heterocycles. The number of benzene rings is 2. The third-order valence-corrected chi connectivity index (χ3v) is 6.04. The minimum absolute atomic E-state index is 0.108. The largest absolute Gasteiger partial charge is 0.416 e. The van der Waals surface area contributed by atoms with Crippen molar-refractivity contribution in [2.45, 2.75) is 51.7 Å². The van der Waals surface area contributed by atoms with E-state index in [2.05, 4.69) is 5.10 Å². The number of alkyl halides is 3. The Morgan fingerprint density at radius 3 is 2.42 bits per heavy atom. The maximum Gasteiger partial charge on any atom is 0.416 e. The van der Waals surface area contributed by atoms with Gasteiger partial charge in [0.25, 0.3) is 5.91 Å². The van der Waals surface area contributed by atoms with Crippen molar-refractivity contribution in [3.63, 3.8) is 0 Å². The summed E-state index contributed by atoms with van der Waals surface area (Å²) in [4.78, 5) is 15.0. The van der Waals surface area contributed by atoms with E-state index in [0.717, 1.165) is 22.5 Å². The summed E-state index contributed by atoms with van der Waals surface area (Å²) in [6.07, 6.45) is -3.37. The van der Waals surface area contributed by atoms with E-state index in [1.54, 1.807) is 17.0 Å². The highest BCUT2D eigenvalue weighted by Crippen LogP contribution is 2.39. The summed E-state index contributed by atoms with van der Waals surface area (Å²) >= 11 is 0. The second-order valence-electron chi connectivity index (χ2n) is 8.56. The van der Waals surface area contributed by atoms with E-state index in [4.69, 9.17) is 0 Å². The molecule has 0 atom stereocenters. The number of halogens is 3. The van der Waals surface area contributed by atoms with Gasteiger partial charge in [0.05, 0.1) is 11.1 Å². The number of hydrogen-bond donors (Lipinski definition) is 0. The normalized spacial score (nSPS) is 15.8. The van der Waals surface area contributed by atoms with Gasteiger partial charge < -0.3 is 4.90 Å². The zero-order chi connectivity index (χ0) is 22.3. The van der Waals surface area contributed by atoms with Crippen molar-refractivity contribution >= 4 is 16.8 Å². The number of likely N-dealkylation sites (tertiary alicyclic amines) is 1. The second kappa shape index (κ2) is 8.02. The molecule has 0 bridgehead atoms. The Bertz CT molecular complexity index is 1110. The fraction of sp³-hybridized carbons (Fsp3) is 0.417. The van der Waals surface area contributed by atoms with E-state index >= 15 is 0 Å². The predicted molar refractivity (Wildman–Crippen MR) is 114 cm³/mol. The predicted octanol–water partition coefficient (Wildman–Crippen LogP) is 5.96. The van der Waals surface area contributed by atoms with Crippen LogP contribution in [-0.2, 0) is 6.18 Å². The third-order valence-electron chi connectivity index (χ3n) is 6.04. The minimum atomic E-state index is -4.37. The van der Waals surface area contributed by atoms with E-state index in [9.17, 15) is 18.0 Å². The number of hydrogen-bond acceptors (Lipinski definition) is 2. The third kappa shape index (κ3) is 4.05. The zero-order valence-electron chi connectivity index (χ0n) is 17.9. The number of carbonyl (C=O) groups excluding carboxylic acids is 1. The Balaban J connectivity index is 1.57. The molecule has 0 unspecified atom stereocenters. The minimum Gasteiger partial charge on any atom is -0.337 e. The fourth-order valence-electron chi connectivity index (χ4n) is 4.46. The summed E-state index contributed by atoms with van der Waals surface area (Å²) in [6.45, 7) is 6.84. The van der Waals surface area contributed by atoms with E-state index in [-0.39, 0.29) is 17.9 Å². The van der Waals surface area contributed by atoms with Gasteiger partial charge in [0.1, 0.15) is 0 Å². The Morgan fingerprint density at radius 1 is 1.10 bits per heavy atom. The summed E-state index contributed by atoms with van der Waals surface area (Å²) in [6, 6.07) is 11.8. The van der Waals surface area contributed by atoms with Gasteiger partial charge in [-0.25, -0.2) is 0 Å². The number of aromatic nitrogens is 2. The van der Waals surface area contributed by atoms with Gasteiger partial charge in [-0.15, -0.1) is 0 Å². The molecule has 1 saturated heterocycles. The quantitative estimate of drug-likeness (QED) is 0.515. The van der Waals surface area contributed by atoms with Gasteiger partial charge in [-0.1, -0.05) is 29.8 Å². The number of fused-ring (bicyclic) bond motifs is 1. The molecule has 3 aromatic rings. The van der Waals surface area contributed by atoms with Crippen LogP contribution in [0.3, 0.4) is 0 Å². The van der Waals surface area contributed by atoms with Gasteiger partial charge in [0.15, 0.2) is 5.69 Å². The van der Waals surface area contributed by atoms with Crippen molar-refractivity contribution in [2.24, 2.45) is 0 Å². The lowest BCUT2D eigenvalue weighted by Crippen LogP contribution is -2.38. The molecule has 2 aromatic carbocycles. The molecule has 0 aliphatic carbocycles. The highest BCUT2D eigenvalue weighted by atomic mass is 19.4. The van der Waals surface area contributed by atoms with Crippen LogP contribution in [0.1, 0.15) is 65.8 Å². The molecule has 4 nitrogen and oxygen atoms in total. The highest BCUT2D eigenvalue weighted by molar-refractivity contribution is 6.05. The molecule has 1 fully saturated rings. The number of amides is 1. The maximum atomic E-state index is 13.4. The number of carbonyl (C=O) groups is 1. The standard InChI is InChI=1S/C24H26F3N3O/c1-15(2)30-21-9-8-16(3)14-19(21)22(28-30)23(31)29-12-10-17(11-13-29)18-6-4-5-7-20(18)24(25,26)27/h4-9,14-15,17H,10-13H2,1-3H3. The van der Waals surface area contributed by atoms with Crippen LogP contribution in [-0.4, -0.2) is 33.7 Å². The van der Waals surface area contributed by atoms with Gasteiger partial charge in [0.2, 0.25) is 0 Å². The van der Waals surface area contributed by atoms with E-state index in [0.29, 0.717) is 37.2 Å². The van der Waals surface area contributed by atoms with E-state index in [1.807, 2.05) is 43.7 Å². The van der Waals surface area contributed by atoms with Crippen molar-refractivity contribution in [1.29, 1.82) is 0 Å². The Labute approximate surface area is 179 Å². The molecule has 164 valence electrons. The average molecular weight is 429 g/mol. The van der Waals surface area contributed by atoms with Crippen LogP contribution in [0.2, 0.25) is 0 Å². The van der Waals surface area contributed by atoms with E-state index < -0.39 is 11.7 Å². The van der Waals surface area contributed by atoms with Crippen molar-refractivity contribution in [3.05, 3.63) is 64.8 Å². The summed E-state index contributed by atoms with van der Waals surface area (Å²) in [5.41, 5.74) is 2.14. The zero-order valence-corrected chi connectivity index (χ0v) is 17.9. The lowest BCUT2D eigenvalue weighted by molar-refractivity contribution is -0.138. The Morgan fingerprint density at radius 2 is 1.77 bits per heavy atom. The molecule has 1 amide bonds. The first-order valence-electron chi connectivity index (χ1n) is 10.6. The topological polar surface area (TPSA) is 38.1 Å². The first-order valence-corrected chi connectivity index (χ1v) is 10.6. The van der Waals surface area contributed by atoms with Crippen LogP contribution in [0, 0.1) is 6.92 Å². The Kier molecular flexibility index (Phi) is 5.54. The highest BCUT2D eigenvalue weighted by Gasteiger charge is 2.36. The lowest BCUT2D eigenvalue weighted by atomic mass is 9.86. The smallest absolute Gasteiger partial charge is 0.337 e. The van der Waals surface area contributed by atoms with E-state index in [1.165, 1.54) is 6.07 Å². The molecular formula is C24H26F3N3O. The molecule has 1 aliphatic rings. The van der Waals surface area contributed by atoms with Crippen LogP contribution in [0.15, 0.2) is 42.5 Å². The summed E-state index contributed by atoms with van der Waals surface area (Å²) < 4.78 is 42.1. The van der Waals surface area contributed by atoms with Crippen molar-refractivity contribution in [1.82, 2.24) is 14.7 Å². The van der Waals surface area contributed by atoms with Crippen molar-refractivity contribution < 1.29 is 18.0 Å². The first-order chi connectivity index (χ1) is 14.7. The summed E-state index contributed by atoms with van der Waals surface area (Å²) in [5, 5.41) is 5.43. The molecule has 0 spiro atoms. The van der Waals surface area contributed by atoms with Crippen LogP contribution in [0.25, 0.3) is 10.9 Å². The van der Waals surface area contributed by atoms with Gasteiger partial charge in [-0.3, -0.25) is 9.48 Å². The molecule has 0 saturated carbocycles. The molecule has 31 heavy (non-hydrogen) atoms. The lowest BCUT2D eigenvalue weighted by Gasteiger charge is -2.33. The molecule has 0 radical (unpaired) electrons. The van der Waals surface area contributed by atoms with Gasteiger partial charge in [0, 0.05) is 24.5 Å². The Hall–Kier alpha value is -2.83. The fourth-order valence-corrected chi connectivity index (χ4v) is 4.46. The first kappa shape index (κ1) is 21.4. The molecular weight excluding hydrogens is 403 g/mol. The number of rotatable bonds is 3. The SMILES string of the molecule is Cc1ccc2c(c1)c(C(=O)N1CCC(c3ccccc3C(F)(F)F)CC1)nn2C(C)C. The molecule has 1 aliphatic heterocycles.